The zero-order valence-electron chi connectivity index (χ0n) is 12.3. The normalized spacial score (nSPS) is 10.9. The van der Waals surface area contributed by atoms with Gasteiger partial charge >= 0.3 is 5.97 Å². The van der Waals surface area contributed by atoms with Crippen LogP contribution in [0.1, 0.15) is 21.6 Å². The molecule has 0 spiro atoms. The van der Waals surface area contributed by atoms with E-state index >= 15 is 0 Å². The third-order valence-corrected chi connectivity index (χ3v) is 4.01. The van der Waals surface area contributed by atoms with Crippen molar-refractivity contribution in [3.05, 3.63) is 64.4 Å². The Morgan fingerprint density at radius 2 is 1.91 bits per heavy atom. The molecule has 0 radical (unpaired) electrons. The van der Waals surface area contributed by atoms with Crippen LogP contribution >= 0.6 is 11.6 Å². The summed E-state index contributed by atoms with van der Waals surface area (Å²) >= 11 is 5.89. The van der Waals surface area contributed by atoms with E-state index in [1.807, 2.05) is 22.8 Å². The highest BCUT2D eigenvalue weighted by atomic mass is 35.5. The molecular formula is C17H13ClN2O3. The van der Waals surface area contributed by atoms with E-state index in [2.05, 4.69) is 4.98 Å². The highest BCUT2D eigenvalue weighted by Gasteiger charge is 2.25. The molecule has 2 aromatic heterocycles. The molecule has 23 heavy (non-hydrogen) atoms. The van der Waals surface area contributed by atoms with E-state index in [1.54, 1.807) is 31.3 Å². The maximum absolute atomic E-state index is 12.0. The molecule has 0 aliphatic carbocycles. The first-order valence-electron chi connectivity index (χ1n) is 6.95. The average molecular weight is 329 g/mol. The summed E-state index contributed by atoms with van der Waals surface area (Å²) in [7, 11) is 0. The summed E-state index contributed by atoms with van der Waals surface area (Å²) in [6.45, 7) is 2.23. The van der Waals surface area contributed by atoms with E-state index in [1.165, 1.54) is 0 Å². The number of carboxylic acids is 1. The van der Waals surface area contributed by atoms with Crippen molar-refractivity contribution in [2.75, 3.05) is 0 Å². The quantitative estimate of drug-likeness (QED) is 0.589. The summed E-state index contributed by atoms with van der Waals surface area (Å²) in [5.74, 6) is -2.43. The highest BCUT2D eigenvalue weighted by Crippen LogP contribution is 2.26. The number of fused-ring (bicyclic) bond motifs is 1. The van der Waals surface area contributed by atoms with Crippen LogP contribution in [-0.4, -0.2) is 26.4 Å². The van der Waals surface area contributed by atoms with Crippen molar-refractivity contribution in [2.45, 2.75) is 13.5 Å². The van der Waals surface area contributed by atoms with Crippen LogP contribution in [0.15, 0.2) is 42.6 Å². The second kappa shape index (κ2) is 5.85. The lowest BCUT2D eigenvalue weighted by Gasteiger charge is -2.08. The number of ketones is 1. The Labute approximate surface area is 137 Å². The van der Waals surface area contributed by atoms with Gasteiger partial charge in [-0.25, -0.2) is 4.79 Å². The lowest BCUT2D eigenvalue weighted by Crippen LogP contribution is -2.14. The van der Waals surface area contributed by atoms with Crippen molar-refractivity contribution in [3.8, 4) is 0 Å². The third-order valence-electron chi connectivity index (χ3n) is 3.76. The number of hydrogen-bond acceptors (Lipinski definition) is 3. The molecule has 0 saturated heterocycles. The number of carbonyl (C=O) groups is 2. The van der Waals surface area contributed by atoms with Crippen molar-refractivity contribution in [3.63, 3.8) is 0 Å². The standard InChI is InChI=1S/C17H13ClN2O3/c1-10-14(16(21)17(22)23)15-13(3-2-8-19-15)20(10)9-11-4-6-12(18)7-5-11/h2-8H,9H2,1H3,(H,22,23). The van der Waals surface area contributed by atoms with Crippen molar-refractivity contribution < 1.29 is 14.7 Å². The van der Waals surface area contributed by atoms with Crippen LogP contribution in [0.4, 0.5) is 0 Å². The van der Waals surface area contributed by atoms with E-state index in [0.717, 1.165) is 11.1 Å². The third kappa shape index (κ3) is 2.71. The van der Waals surface area contributed by atoms with Gasteiger partial charge in [-0.05, 0) is 36.8 Å². The second-order valence-corrected chi connectivity index (χ2v) is 5.61. The number of pyridine rings is 1. The summed E-state index contributed by atoms with van der Waals surface area (Å²) in [6.07, 6.45) is 1.55. The number of aromatic nitrogens is 2. The van der Waals surface area contributed by atoms with Crippen LogP contribution < -0.4 is 0 Å². The van der Waals surface area contributed by atoms with Crippen LogP contribution in [0, 0.1) is 6.92 Å². The molecule has 0 amide bonds. The Kier molecular flexibility index (Phi) is 3.88. The van der Waals surface area contributed by atoms with E-state index in [0.29, 0.717) is 22.8 Å². The number of rotatable bonds is 4. The fourth-order valence-corrected chi connectivity index (χ4v) is 2.78. The number of carboxylic acid groups (broad SMARTS) is 1. The summed E-state index contributed by atoms with van der Waals surface area (Å²) in [5, 5.41) is 9.69. The lowest BCUT2D eigenvalue weighted by atomic mass is 10.1. The Morgan fingerprint density at radius 1 is 1.22 bits per heavy atom. The van der Waals surface area contributed by atoms with Crippen molar-refractivity contribution in [1.82, 2.24) is 9.55 Å². The molecule has 0 fully saturated rings. The number of Topliss-reactive ketones (excluding diaryl/α,β-unsaturated/α-hetero) is 1. The Morgan fingerprint density at radius 3 is 2.57 bits per heavy atom. The van der Waals surface area contributed by atoms with E-state index in [-0.39, 0.29) is 5.56 Å². The number of halogens is 1. The predicted molar refractivity (Wildman–Crippen MR) is 87.0 cm³/mol. The summed E-state index contributed by atoms with van der Waals surface area (Å²) in [6, 6.07) is 10.9. The van der Waals surface area contributed by atoms with Gasteiger partial charge in [-0.15, -0.1) is 0 Å². The molecule has 6 heteroatoms. The number of benzene rings is 1. The minimum Gasteiger partial charge on any atom is -0.475 e. The molecule has 0 saturated carbocycles. The van der Waals surface area contributed by atoms with E-state index < -0.39 is 11.8 Å². The first kappa shape index (κ1) is 15.2. The molecule has 0 unspecified atom stereocenters. The van der Waals surface area contributed by atoms with Gasteiger partial charge in [0, 0.05) is 23.5 Å². The topological polar surface area (TPSA) is 72.2 Å². The maximum atomic E-state index is 12.0. The monoisotopic (exact) mass is 328 g/mol. The zero-order valence-corrected chi connectivity index (χ0v) is 13.0. The molecule has 0 aliphatic heterocycles. The van der Waals surface area contributed by atoms with Gasteiger partial charge in [0.25, 0.3) is 5.78 Å². The average Bonchev–Trinajstić information content (AvgIpc) is 2.81. The molecule has 2 heterocycles. The molecular weight excluding hydrogens is 316 g/mol. The Hall–Kier alpha value is -2.66. The number of nitrogens with zero attached hydrogens (tertiary/aromatic N) is 2. The van der Waals surface area contributed by atoms with Crippen LogP contribution in [-0.2, 0) is 11.3 Å². The molecule has 0 aliphatic rings. The molecule has 1 N–H and O–H groups in total. The lowest BCUT2D eigenvalue weighted by molar-refractivity contribution is -0.131. The van der Waals surface area contributed by atoms with Gasteiger partial charge < -0.3 is 9.67 Å². The number of carbonyl (C=O) groups excluding carboxylic acids is 1. The molecule has 1 aromatic carbocycles. The maximum Gasteiger partial charge on any atom is 0.377 e. The van der Waals surface area contributed by atoms with E-state index in [9.17, 15) is 9.59 Å². The Balaban J connectivity index is 2.17. The SMILES string of the molecule is Cc1c(C(=O)C(=O)O)c2ncccc2n1Cc1ccc(Cl)cc1. The van der Waals surface area contributed by atoms with Crippen LogP contribution in [0.3, 0.4) is 0 Å². The van der Waals surface area contributed by atoms with Crippen molar-refractivity contribution in [2.24, 2.45) is 0 Å². The molecule has 0 atom stereocenters. The summed E-state index contributed by atoms with van der Waals surface area (Å²) in [5.41, 5.74) is 2.85. The van der Waals surface area contributed by atoms with Gasteiger partial charge in [0.15, 0.2) is 0 Å². The number of hydrogen-bond donors (Lipinski definition) is 1. The predicted octanol–water partition coefficient (Wildman–Crippen LogP) is 3.31. The second-order valence-electron chi connectivity index (χ2n) is 5.18. The van der Waals surface area contributed by atoms with Gasteiger partial charge in [0.05, 0.1) is 16.6 Å². The molecule has 116 valence electrons. The summed E-state index contributed by atoms with van der Waals surface area (Å²) < 4.78 is 1.89. The van der Waals surface area contributed by atoms with Crippen LogP contribution in [0.5, 0.6) is 0 Å². The largest absolute Gasteiger partial charge is 0.475 e. The highest BCUT2D eigenvalue weighted by molar-refractivity contribution is 6.42. The smallest absolute Gasteiger partial charge is 0.377 e. The molecule has 3 rings (SSSR count). The first-order chi connectivity index (χ1) is 11.0. The van der Waals surface area contributed by atoms with Gasteiger partial charge in [-0.1, -0.05) is 23.7 Å². The molecule has 5 nitrogen and oxygen atoms in total. The van der Waals surface area contributed by atoms with Crippen molar-refractivity contribution in [1.29, 1.82) is 0 Å². The first-order valence-corrected chi connectivity index (χ1v) is 7.32. The summed E-state index contributed by atoms with van der Waals surface area (Å²) in [4.78, 5) is 27.3. The fraction of sp³-hybridized carbons (Fsp3) is 0.118. The fourth-order valence-electron chi connectivity index (χ4n) is 2.65. The van der Waals surface area contributed by atoms with E-state index in [4.69, 9.17) is 16.7 Å². The van der Waals surface area contributed by atoms with Crippen molar-refractivity contribution >= 4 is 34.4 Å². The molecule has 3 aromatic rings. The number of aliphatic carboxylic acids is 1. The minimum atomic E-state index is -1.48. The zero-order chi connectivity index (χ0) is 16.6. The van der Waals surface area contributed by atoms with Crippen LogP contribution in [0.2, 0.25) is 5.02 Å². The molecule has 0 bridgehead atoms. The van der Waals surface area contributed by atoms with Gasteiger partial charge in [0.2, 0.25) is 0 Å². The Bertz CT molecular complexity index is 913. The van der Waals surface area contributed by atoms with Gasteiger partial charge in [0.1, 0.15) is 0 Å². The van der Waals surface area contributed by atoms with Gasteiger partial charge in [-0.3, -0.25) is 9.78 Å². The van der Waals surface area contributed by atoms with Gasteiger partial charge in [-0.2, -0.15) is 0 Å². The minimum absolute atomic E-state index is 0.141. The van der Waals surface area contributed by atoms with Crippen LogP contribution in [0.25, 0.3) is 11.0 Å².